The van der Waals surface area contributed by atoms with E-state index in [4.69, 9.17) is 0 Å². The van der Waals surface area contributed by atoms with Gasteiger partial charge in [-0.15, -0.1) is 0 Å². The number of pyridine rings is 1. The average molecular weight is 211 g/mol. The number of fused-ring (bicyclic) bond motifs is 3. The van der Waals surface area contributed by atoms with Crippen LogP contribution in [0, 0.1) is 0 Å². The van der Waals surface area contributed by atoms with Gasteiger partial charge in [-0.25, -0.2) is 0 Å². The number of rotatable bonds is 0. The van der Waals surface area contributed by atoms with Crippen LogP contribution in [0.15, 0.2) is 35.7 Å². The van der Waals surface area contributed by atoms with Gasteiger partial charge in [0.15, 0.2) is 0 Å². The van der Waals surface area contributed by atoms with E-state index in [2.05, 4.69) is 9.98 Å². The topological polar surface area (TPSA) is 45.6 Å². The molecule has 0 aliphatic carbocycles. The van der Waals surface area contributed by atoms with Crippen molar-refractivity contribution in [2.24, 2.45) is 4.99 Å². The van der Waals surface area contributed by atoms with Gasteiger partial charge in [-0.1, -0.05) is 0 Å². The molecule has 0 unspecified atom stereocenters. The van der Waals surface area contributed by atoms with Gasteiger partial charge in [0.05, 0.1) is 5.70 Å². The summed E-state index contributed by atoms with van der Waals surface area (Å²) >= 11 is 0. The van der Waals surface area contributed by atoms with Gasteiger partial charge in [-0.3, -0.25) is 19.7 Å². The SMILES string of the molecule is O=C1CN=CC=C2c3ccncc3C=CN12. The average Bonchev–Trinajstić information content (AvgIpc) is 2.52. The van der Waals surface area contributed by atoms with E-state index < -0.39 is 0 Å². The second kappa shape index (κ2) is 3.41. The smallest absolute Gasteiger partial charge is 0.252 e. The summed E-state index contributed by atoms with van der Waals surface area (Å²) in [5.41, 5.74) is 2.90. The summed E-state index contributed by atoms with van der Waals surface area (Å²) in [6.45, 7) is 0.199. The molecule has 0 bridgehead atoms. The van der Waals surface area contributed by atoms with Crippen molar-refractivity contribution >= 4 is 23.9 Å². The molecule has 16 heavy (non-hydrogen) atoms. The molecule has 0 fully saturated rings. The monoisotopic (exact) mass is 211 g/mol. The summed E-state index contributed by atoms with van der Waals surface area (Å²) in [6, 6.07) is 1.91. The molecule has 1 amide bonds. The van der Waals surface area contributed by atoms with Crippen LogP contribution in [0.4, 0.5) is 0 Å². The summed E-state index contributed by atoms with van der Waals surface area (Å²) in [6.07, 6.45) is 10.7. The molecule has 78 valence electrons. The van der Waals surface area contributed by atoms with Crippen LogP contribution in [0.2, 0.25) is 0 Å². The first-order valence-corrected chi connectivity index (χ1v) is 5.01. The molecule has 1 aromatic heterocycles. The van der Waals surface area contributed by atoms with Crippen molar-refractivity contribution in [1.82, 2.24) is 9.88 Å². The first kappa shape index (κ1) is 9.03. The third-order valence-corrected chi connectivity index (χ3v) is 2.62. The third-order valence-electron chi connectivity index (χ3n) is 2.62. The lowest BCUT2D eigenvalue weighted by atomic mass is 10.0. The van der Waals surface area contributed by atoms with E-state index in [1.54, 1.807) is 29.7 Å². The Morgan fingerprint density at radius 3 is 3.25 bits per heavy atom. The maximum absolute atomic E-state index is 11.8. The largest absolute Gasteiger partial charge is 0.286 e. The summed E-state index contributed by atoms with van der Waals surface area (Å²) in [5.74, 6) is -0.0151. The Balaban J connectivity index is 2.19. The van der Waals surface area contributed by atoms with Gasteiger partial charge in [0.2, 0.25) is 0 Å². The van der Waals surface area contributed by atoms with Crippen LogP contribution in [-0.4, -0.2) is 28.6 Å². The Morgan fingerprint density at radius 1 is 1.38 bits per heavy atom. The molecule has 4 nitrogen and oxygen atoms in total. The Hall–Kier alpha value is -2.23. The fraction of sp³-hybridized carbons (Fsp3) is 0.0833. The molecular formula is C12H9N3O. The number of amides is 1. The minimum atomic E-state index is -0.0151. The quantitative estimate of drug-likeness (QED) is 0.649. The van der Waals surface area contributed by atoms with E-state index in [1.165, 1.54) is 0 Å². The van der Waals surface area contributed by atoms with Gasteiger partial charge >= 0.3 is 0 Å². The highest BCUT2D eigenvalue weighted by molar-refractivity contribution is 5.99. The van der Waals surface area contributed by atoms with E-state index in [9.17, 15) is 4.79 Å². The molecule has 4 heteroatoms. The maximum atomic E-state index is 11.8. The van der Waals surface area contributed by atoms with Crippen molar-refractivity contribution in [2.75, 3.05) is 6.54 Å². The highest BCUT2D eigenvalue weighted by Crippen LogP contribution is 2.28. The minimum Gasteiger partial charge on any atom is -0.286 e. The van der Waals surface area contributed by atoms with Gasteiger partial charge in [0.1, 0.15) is 6.54 Å². The van der Waals surface area contributed by atoms with E-state index in [0.29, 0.717) is 0 Å². The molecule has 0 aromatic carbocycles. The molecule has 1 aromatic rings. The molecule has 0 N–H and O–H groups in total. The van der Waals surface area contributed by atoms with Crippen LogP contribution in [0.3, 0.4) is 0 Å². The lowest BCUT2D eigenvalue weighted by Crippen LogP contribution is -2.27. The first-order chi connectivity index (χ1) is 7.86. The molecule has 2 aliphatic heterocycles. The molecule has 0 saturated heterocycles. The van der Waals surface area contributed by atoms with E-state index in [0.717, 1.165) is 16.8 Å². The highest BCUT2D eigenvalue weighted by Gasteiger charge is 2.22. The lowest BCUT2D eigenvalue weighted by Gasteiger charge is -2.24. The summed E-state index contributed by atoms with van der Waals surface area (Å²) in [7, 11) is 0. The van der Waals surface area contributed by atoms with Crippen LogP contribution in [-0.2, 0) is 4.79 Å². The van der Waals surface area contributed by atoms with Gasteiger partial charge < -0.3 is 0 Å². The molecule has 0 atom stereocenters. The van der Waals surface area contributed by atoms with Crippen molar-refractivity contribution in [3.05, 3.63) is 41.9 Å². The highest BCUT2D eigenvalue weighted by atomic mass is 16.2. The van der Waals surface area contributed by atoms with Crippen molar-refractivity contribution in [3.63, 3.8) is 0 Å². The van der Waals surface area contributed by atoms with Gasteiger partial charge in [0, 0.05) is 35.9 Å². The Morgan fingerprint density at radius 2 is 2.31 bits per heavy atom. The number of allylic oxidation sites excluding steroid dienone is 1. The number of hydrogen-bond acceptors (Lipinski definition) is 3. The van der Waals surface area contributed by atoms with Crippen molar-refractivity contribution in [3.8, 4) is 0 Å². The van der Waals surface area contributed by atoms with E-state index in [1.807, 2.05) is 18.2 Å². The predicted octanol–water partition coefficient (Wildman–Crippen LogP) is 1.32. The van der Waals surface area contributed by atoms with Gasteiger partial charge in [0.25, 0.3) is 5.91 Å². The first-order valence-electron chi connectivity index (χ1n) is 5.01. The zero-order chi connectivity index (χ0) is 11.0. The van der Waals surface area contributed by atoms with Crippen molar-refractivity contribution in [1.29, 1.82) is 0 Å². The Kier molecular flexibility index (Phi) is 1.93. The summed E-state index contributed by atoms with van der Waals surface area (Å²) in [4.78, 5) is 21.5. The van der Waals surface area contributed by atoms with E-state index in [-0.39, 0.29) is 12.5 Å². The van der Waals surface area contributed by atoms with Gasteiger partial charge in [-0.05, 0) is 18.2 Å². The standard InChI is InChI=1S/C12H9N3O/c16-12-8-14-5-2-11-10-1-4-13-7-9(10)3-6-15(11)12/h1-7H,8H2. The van der Waals surface area contributed by atoms with Crippen molar-refractivity contribution in [2.45, 2.75) is 0 Å². The normalized spacial score (nSPS) is 17.6. The number of nitrogens with zero attached hydrogens (tertiary/aromatic N) is 3. The van der Waals surface area contributed by atoms with Crippen LogP contribution in [0.25, 0.3) is 11.8 Å². The Bertz CT molecular complexity index is 543. The second-order valence-corrected chi connectivity index (χ2v) is 3.58. The molecule has 2 aliphatic rings. The van der Waals surface area contributed by atoms with E-state index >= 15 is 0 Å². The van der Waals surface area contributed by atoms with Crippen LogP contribution in [0.5, 0.6) is 0 Å². The number of hydrogen-bond donors (Lipinski definition) is 0. The second-order valence-electron chi connectivity index (χ2n) is 3.58. The third kappa shape index (κ3) is 1.27. The van der Waals surface area contributed by atoms with Crippen molar-refractivity contribution < 1.29 is 4.79 Å². The number of aliphatic imine (C=N–C) groups is 1. The zero-order valence-corrected chi connectivity index (χ0v) is 8.50. The molecule has 3 heterocycles. The number of carbonyl (C=O) groups excluding carboxylic acids is 1. The lowest BCUT2D eigenvalue weighted by molar-refractivity contribution is -0.124. The molecule has 0 radical (unpaired) electrons. The number of carbonyl (C=O) groups is 1. The molecule has 0 spiro atoms. The minimum absolute atomic E-state index is 0.0151. The van der Waals surface area contributed by atoms with Crippen LogP contribution < -0.4 is 0 Å². The zero-order valence-electron chi connectivity index (χ0n) is 8.50. The molecule has 3 rings (SSSR count). The van der Waals surface area contributed by atoms with Crippen LogP contribution in [0.1, 0.15) is 11.1 Å². The number of aromatic nitrogens is 1. The predicted molar refractivity (Wildman–Crippen MR) is 61.5 cm³/mol. The van der Waals surface area contributed by atoms with Crippen LogP contribution >= 0.6 is 0 Å². The fourth-order valence-electron chi connectivity index (χ4n) is 1.86. The maximum Gasteiger partial charge on any atom is 0.252 e. The fourth-order valence-corrected chi connectivity index (χ4v) is 1.86. The molecular weight excluding hydrogens is 202 g/mol. The van der Waals surface area contributed by atoms with Gasteiger partial charge in [-0.2, -0.15) is 0 Å². The summed E-state index contributed by atoms with van der Waals surface area (Å²) in [5, 5.41) is 0. The Labute approximate surface area is 92.6 Å². The molecule has 0 saturated carbocycles. The summed E-state index contributed by atoms with van der Waals surface area (Å²) < 4.78 is 0.